The van der Waals surface area contributed by atoms with Crippen LogP contribution in [0.15, 0.2) is 18.2 Å². The van der Waals surface area contributed by atoms with Crippen molar-refractivity contribution in [3.63, 3.8) is 0 Å². The summed E-state index contributed by atoms with van der Waals surface area (Å²) >= 11 is 6.03. The number of nitrogens with two attached hydrogens (primary N) is 1. The summed E-state index contributed by atoms with van der Waals surface area (Å²) in [6.45, 7) is 2.32. The Bertz CT molecular complexity index is 507. The average Bonchev–Trinajstić information content (AvgIpc) is 2.68. The van der Waals surface area contributed by atoms with Gasteiger partial charge in [-0.2, -0.15) is 0 Å². The lowest BCUT2D eigenvalue weighted by Crippen LogP contribution is -2.30. The van der Waals surface area contributed by atoms with E-state index in [1.54, 1.807) is 6.07 Å². The van der Waals surface area contributed by atoms with Gasteiger partial charge in [-0.05, 0) is 49.8 Å². The molecule has 4 nitrogen and oxygen atoms in total. The summed E-state index contributed by atoms with van der Waals surface area (Å²) in [4.78, 5) is 11.8. The molecule has 1 aromatic carbocycles. The van der Waals surface area contributed by atoms with Crippen LogP contribution in [0.2, 0.25) is 5.02 Å². The van der Waals surface area contributed by atoms with Gasteiger partial charge in [0.05, 0.1) is 6.61 Å². The minimum Gasteiger partial charge on any atom is -0.449 e. The summed E-state index contributed by atoms with van der Waals surface area (Å²) < 4.78 is 5.26. The molecule has 0 aliphatic heterocycles. The van der Waals surface area contributed by atoms with Crippen LogP contribution in [0.1, 0.15) is 44.1 Å². The van der Waals surface area contributed by atoms with Gasteiger partial charge in [0.2, 0.25) is 0 Å². The average molecular weight is 325 g/mol. The van der Waals surface area contributed by atoms with Crippen LogP contribution in [0.25, 0.3) is 0 Å². The molecular weight excluding hydrogens is 300 g/mol. The molecule has 2 rings (SSSR count). The van der Waals surface area contributed by atoms with Gasteiger partial charge in [-0.1, -0.05) is 36.9 Å². The molecule has 122 valence electrons. The number of nitrogens with one attached hydrogen (secondary N) is 1. The number of carbonyl (C=O) groups is 1. The zero-order valence-corrected chi connectivity index (χ0v) is 13.9. The molecule has 3 N–H and O–H groups in total. The van der Waals surface area contributed by atoms with Gasteiger partial charge >= 0.3 is 6.09 Å². The van der Waals surface area contributed by atoms with Crippen LogP contribution in [0.5, 0.6) is 0 Å². The summed E-state index contributed by atoms with van der Waals surface area (Å²) in [6, 6.07) is 5.64. The van der Waals surface area contributed by atoms with E-state index >= 15 is 0 Å². The molecule has 2 unspecified atom stereocenters. The lowest BCUT2D eigenvalue weighted by molar-refractivity contribution is 0.149. The van der Waals surface area contributed by atoms with E-state index in [0.717, 1.165) is 24.8 Å². The second-order valence-corrected chi connectivity index (χ2v) is 6.48. The summed E-state index contributed by atoms with van der Waals surface area (Å²) in [5.41, 5.74) is 7.80. The fraction of sp³-hybridized carbons (Fsp3) is 0.588. The first-order valence-electron chi connectivity index (χ1n) is 8.02. The SMILES string of the molecule is Cc1ccc(NC(=O)OCCC2CCCCCC2N)cc1Cl. The number of ether oxygens (including phenoxy) is 1. The molecule has 1 aliphatic rings. The number of halogens is 1. The van der Waals surface area contributed by atoms with Gasteiger partial charge in [0.1, 0.15) is 0 Å². The van der Waals surface area contributed by atoms with Crippen molar-refractivity contribution in [3.05, 3.63) is 28.8 Å². The van der Waals surface area contributed by atoms with Crippen molar-refractivity contribution in [1.29, 1.82) is 0 Å². The Morgan fingerprint density at radius 1 is 1.36 bits per heavy atom. The van der Waals surface area contributed by atoms with Crippen molar-refractivity contribution in [3.8, 4) is 0 Å². The first-order valence-corrected chi connectivity index (χ1v) is 8.39. The summed E-state index contributed by atoms with van der Waals surface area (Å²) in [5.74, 6) is 0.462. The Kier molecular flexibility index (Phi) is 6.52. The summed E-state index contributed by atoms with van der Waals surface area (Å²) in [7, 11) is 0. The fourth-order valence-corrected chi connectivity index (χ4v) is 3.08. The lowest BCUT2D eigenvalue weighted by Gasteiger charge is -2.20. The highest BCUT2D eigenvalue weighted by molar-refractivity contribution is 6.31. The van der Waals surface area contributed by atoms with E-state index in [9.17, 15) is 4.79 Å². The number of hydrogen-bond acceptors (Lipinski definition) is 3. The maximum Gasteiger partial charge on any atom is 0.411 e. The Hall–Kier alpha value is -1.26. The number of carbonyl (C=O) groups excluding carboxylic acids is 1. The van der Waals surface area contributed by atoms with Crippen molar-refractivity contribution >= 4 is 23.4 Å². The summed E-state index contributed by atoms with van der Waals surface area (Å²) in [5, 5.41) is 3.32. The Balaban J connectivity index is 1.74. The molecule has 0 bridgehead atoms. The molecule has 1 fully saturated rings. The van der Waals surface area contributed by atoms with E-state index in [1.165, 1.54) is 19.3 Å². The molecule has 0 spiro atoms. The van der Waals surface area contributed by atoms with Gasteiger partial charge in [0.15, 0.2) is 0 Å². The molecule has 1 aliphatic carbocycles. The minimum absolute atomic E-state index is 0.241. The third-order valence-electron chi connectivity index (χ3n) is 4.36. The van der Waals surface area contributed by atoms with Crippen molar-refractivity contribution < 1.29 is 9.53 Å². The van der Waals surface area contributed by atoms with Gasteiger partial charge in [-0.15, -0.1) is 0 Å². The number of rotatable bonds is 4. The number of amides is 1. The number of benzene rings is 1. The fourth-order valence-electron chi connectivity index (χ4n) is 2.90. The Morgan fingerprint density at radius 2 is 2.14 bits per heavy atom. The van der Waals surface area contributed by atoms with Crippen LogP contribution >= 0.6 is 11.6 Å². The monoisotopic (exact) mass is 324 g/mol. The standard InChI is InChI=1S/C17H25ClN2O2/c1-12-7-8-14(11-15(12)18)20-17(21)22-10-9-13-5-3-2-4-6-16(13)19/h7-8,11,13,16H,2-6,9-10,19H2,1H3,(H,20,21). The normalized spacial score (nSPS) is 22.0. The highest BCUT2D eigenvalue weighted by Crippen LogP contribution is 2.25. The quantitative estimate of drug-likeness (QED) is 0.802. The molecule has 5 heteroatoms. The molecule has 1 aromatic rings. The van der Waals surface area contributed by atoms with E-state index in [0.29, 0.717) is 23.2 Å². The lowest BCUT2D eigenvalue weighted by atomic mass is 9.93. The largest absolute Gasteiger partial charge is 0.449 e. The Morgan fingerprint density at radius 3 is 2.91 bits per heavy atom. The second kappa shape index (κ2) is 8.39. The van der Waals surface area contributed by atoms with E-state index in [4.69, 9.17) is 22.1 Å². The smallest absolute Gasteiger partial charge is 0.411 e. The van der Waals surface area contributed by atoms with Crippen LogP contribution in [-0.2, 0) is 4.74 Å². The van der Waals surface area contributed by atoms with Crippen LogP contribution in [0.4, 0.5) is 10.5 Å². The molecule has 1 saturated carbocycles. The highest BCUT2D eigenvalue weighted by atomic mass is 35.5. The van der Waals surface area contributed by atoms with E-state index in [1.807, 2.05) is 19.1 Å². The Labute approximate surface area is 137 Å². The van der Waals surface area contributed by atoms with Crippen molar-refractivity contribution in [2.75, 3.05) is 11.9 Å². The zero-order valence-electron chi connectivity index (χ0n) is 13.1. The van der Waals surface area contributed by atoms with Crippen LogP contribution in [0, 0.1) is 12.8 Å². The second-order valence-electron chi connectivity index (χ2n) is 6.08. The molecule has 22 heavy (non-hydrogen) atoms. The van der Waals surface area contributed by atoms with E-state index in [2.05, 4.69) is 5.32 Å². The number of aryl methyl sites for hydroxylation is 1. The van der Waals surface area contributed by atoms with Gasteiger partial charge in [0, 0.05) is 16.8 Å². The van der Waals surface area contributed by atoms with Gasteiger partial charge in [0.25, 0.3) is 0 Å². The first-order chi connectivity index (χ1) is 10.6. The molecule has 0 radical (unpaired) electrons. The number of hydrogen-bond donors (Lipinski definition) is 2. The van der Waals surface area contributed by atoms with Gasteiger partial charge < -0.3 is 10.5 Å². The molecule has 0 saturated heterocycles. The predicted molar refractivity (Wildman–Crippen MR) is 90.3 cm³/mol. The van der Waals surface area contributed by atoms with Crippen LogP contribution in [0.3, 0.4) is 0 Å². The van der Waals surface area contributed by atoms with Gasteiger partial charge in [-0.25, -0.2) is 4.79 Å². The first kappa shape index (κ1) is 17.1. The highest BCUT2D eigenvalue weighted by Gasteiger charge is 2.20. The van der Waals surface area contributed by atoms with Crippen molar-refractivity contribution in [1.82, 2.24) is 0 Å². The molecule has 0 heterocycles. The molecular formula is C17H25ClN2O2. The summed E-state index contributed by atoms with van der Waals surface area (Å²) in [6.07, 6.45) is 6.32. The minimum atomic E-state index is -0.442. The maximum absolute atomic E-state index is 11.8. The van der Waals surface area contributed by atoms with E-state index in [-0.39, 0.29) is 6.04 Å². The predicted octanol–water partition coefficient (Wildman–Crippen LogP) is 4.49. The third-order valence-corrected chi connectivity index (χ3v) is 4.77. The topological polar surface area (TPSA) is 64.3 Å². The zero-order chi connectivity index (χ0) is 15.9. The number of anilines is 1. The molecule has 1 amide bonds. The van der Waals surface area contributed by atoms with Crippen molar-refractivity contribution in [2.24, 2.45) is 11.7 Å². The van der Waals surface area contributed by atoms with Gasteiger partial charge in [-0.3, -0.25) is 5.32 Å². The maximum atomic E-state index is 11.8. The van der Waals surface area contributed by atoms with Crippen LogP contribution < -0.4 is 11.1 Å². The molecule has 0 aromatic heterocycles. The van der Waals surface area contributed by atoms with Crippen molar-refractivity contribution in [2.45, 2.75) is 51.5 Å². The molecule has 2 atom stereocenters. The van der Waals surface area contributed by atoms with E-state index < -0.39 is 6.09 Å². The van der Waals surface area contributed by atoms with Crippen LogP contribution in [-0.4, -0.2) is 18.7 Å². The third kappa shape index (κ3) is 5.18.